The molecule has 4 aromatic heterocycles. The molecular formula is C22H24N8OS. The molecule has 0 spiro atoms. The highest BCUT2D eigenvalue weighted by atomic mass is 32.1. The van der Waals surface area contributed by atoms with E-state index in [1.165, 1.54) is 4.88 Å². The van der Waals surface area contributed by atoms with Crippen LogP contribution in [0.2, 0.25) is 0 Å². The molecule has 0 unspecified atom stereocenters. The van der Waals surface area contributed by atoms with Crippen molar-refractivity contribution in [1.82, 2.24) is 39.8 Å². The van der Waals surface area contributed by atoms with Crippen LogP contribution in [0, 0.1) is 6.92 Å². The molecule has 1 saturated heterocycles. The summed E-state index contributed by atoms with van der Waals surface area (Å²) in [6.07, 6.45) is 6.66. The number of ether oxygens (including phenoxy) is 1. The Morgan fingerprint density at radius 2 is 2.03 bits per heavy atom. The molecule has 0 bridgehead atoms. The van der Waals surface area contributed by atoms with E-state index < -0.39 is 0 Å². The van der Waals surface area contributed by atoms with Gasteiger partial charge in [-0.1, -0.05) is 0 Å². The van der Waals surface area contributed by atoms with E-state index >= 15 is 0 Å². The van der Waals surface area contributed by atoms with Crippen LogP contribution in [0.25, 0.3) is 33.3 Å². The summed E-state index contributed by atoms with van der Waals surface area (Å²) in [5.41, 5.74) is 3.71. The molecule has 0 aliphatic carbocycles. The molecule has 0 saturated carbocycles. The molecule has 2 aliphatic rings. The second kappa shape index (κ2) is 7.49. The Morgan fingerprint density at radius 3 is 2.81 bits per heavy atom. The predicted molar refractivity (Wildman–Crippen MR) is 122 cm³/mol. The summed E-state index contributed by atoms with van der Waals surface area (Å²) in [5.74, 6) is 2.33. The highest BCUT2D eigenvalue weighted by Gasteiger charge is 2.26. The number of aryl methyl sites for hydroxylation is 1. The predicted octanol–water partition coefficient (Wildman–Crippen LogP) is 3.30. The van der Waals surface area contributed by atoms with Gasteiger partial charge in [0.15, 0.2) is 10.8 Å². The molecule has 0 aromatic carbocycles. The number of pyridine rings is 1. The number of nitrogens with one attached hydrogen (secondary N) is 1. The van der Waals surface area contributed by atoms with E-state index in [1.54, 1.807) is 11.3 Å². The smallest absolute Gasteiger partial charge is 0.187 e. The number of rotatable bonds is 4. The molecule has 6 rings (SSSR count). The lowest BCUT2D eigenvalue weighted by atomic mass is 10.1. The zero-order valence-corrected chi connectivity index (χ0v) is 19.1. The first-order valence-electron chi connectivity index (χ1n) is 10.9. The van der Waals surface area contributed by atoms with E-state index in [-0.39, 0.29) is 6.04 Å². The van der Waals surface area contributed by atoms with Crippen LogP contribution in [0.3, 0.4) is 0 Å². The van der Waals surface area contributed by atoms with Crippen LogP contribution in [0.1, 0.15) is 36.6 Å². The lowest BCUT2D eigenvalue weighted by Crippen LogP contribution is -2.43. The van der Waals surface area contributed by atoms with Crippen molar-refractivity contribution in [1.29, 1.82) is 0 Å². The highest BCUT2D eigenvalue weighted by Crippen LogP contribution is 2.40. The van der Waals surface area contributed by atoms with Gasteiger partial charge in [0.1, 0.15) is 23.0 Å². The van der Waals surface area contributed by atoms with Gasteiger partial charge in [-0.2, -0.15) is 10.2 Å². The second-order valence-corrected chi connectivity index (χ2v) is 9.59. The summed E-state index contributed by atoms with van der Waals surface area (Å²) in [5, 5.41) is 13.2. The van der Waals surface area contributed by atoms with E-state index in [0.717, 1.165) is 64.4 Å². The Bertz CT molecular complexity index is 1300. The van der Waals surface area contributed by atoms with Gasteiger partial charge < -0.3 is 10.1 Å². The SMILES string of the molecule is Cc1nc(-c2nc3c(s2)CCOc2cc(-c4cnn(C5CNC5)c4)cnc2-3)n(C(C)C)n1. The van der Waals surface area contributed by atoms with Gasteiger partial charge in [0.2, 0.25) is 0 Å². The summed E-state index contributed by atoms with van der Waals surface area (Å²) in [4.78, 5) is 15.5. The molecule has 1 N–H and O–H groups in total. The van der Waals surface area contributed by atoms with Gasteiger partial charge in [-0.15, -0.1) is 11.3 Å². The maximum atomic E-state index is 6.08. The van der Waals surface area contributed by atoms with Gasteiger partial charge in [0.05, 0.1) is 18.8 Å². The van der Waals surface area contributed by atoms with Crippen LogP contribution in [0.5, 0.6) is 5.75 Å². The van der Waals surface area contributed by atoms with E-state index in [2.05, 4.69) is 46.6 Å². The van der Waals surface area contributed by atoms with Crippen LogP contribution in [-0.2, 0) is 6.42 Å². The lowest BCUT2D eigenvalue weighted by molar-refractivity contribution is 0.318. The van der Waals surface area contributed by atoms with Crippen LogP contribution < -0.4 is 10.1 Å². The van der Waals surface area contributed by atoms with Gasteiger partial charge in [-0.05, 0) is 26.8 Å². The number of aromatic nitrogens is 7. The molecule has 2 aliphatic heterocycles. The Hall–Kier alpha value is -3.11. The van der Waals surface area contributed by atoms with Crippen LogP contribution in [-0.4, -0.2) is 54.2 Å². The van der Waals surface area contributed by atoms with Crippen molar-refractivity contribution in [2.75, 3.05) is 19.7 Å². The third-order valence-corrected chi connectivity index (χ3v) is 6.96. The molecule has 10 heteroatoms. The fourth-order valence-corrected chi connectivity index (χ4v) is 5.05. The molecule has 164 valence electrons. The summed E-state index contributed by atoms with van der Waals surface area (Å²) in [6, 6.07) is 2.70. The minimum absolute atomic E-state index is 0.211. The van der Waals surface area contributed by atoms with Crippen molar-refractivity contribution in [3.8, 4) is 39.1 Å². The van der Waals surface area contributed by atoms with Crippen molar-refractivity contribution >= 4 is 11.3 Å². The normalized spacial score (nSPS) is 15.8. The van der Waals surface area contributed by atoms with Crippen molar-refractivity contribution in [3.05, 3.63) is 35.4 Å². The molecule has 4 aromatic rings. The number of fused-ring (bicyclic) bond motifs is 3. The van der Waals surface area contributed by atoms with E-state index in [4.69, 9.17) is 14.7 Å². The first-order chi connectivity index (χ1) is 15.6. The largest absolute Gasteiger partial charge is 0.491 e. The van der Waals surface area contributed by atoms with Crippen molar-refractivity contribution in [2.45, 2.75) is 39.3 Å². The Balaban J connectivity index is 1.38. The molecule has 0 atom stereocenters. The fraction of sp³-hybridized carbons (Fsp3) is 0.409. The van der Waals surface area contributed by atoms with Crippen molar-refractivity contribution in [2.24, 2.45) is 0 Å². The number of hydrogen-bond donors (Lipinski definition) is 1. The molecular weight excluding hydrogens is 424 g/mol. The maximum absolute atomic E-state index is 6.08. The third kappa shape index (κ3) is 3.21. The average molecular weight is 449 g/mol. The Labute approximate surface area is 189 Å². The summed E-state index contributed by atoms with van der Waals surface area (Å²) in [6.45, 7) is 8.64. The molecule has 0 radical (unpaired) electrons. The van der Waals surface area contributed by atoms with E-state index in [1.807, 2.05) is 28.7 Å². The summed E-state index contributed by atoms with van der Waals surface area (Å²) < 4.78 is 10.0. The zero-order valence-electron chi connectivity index (χ0n) is 18.2. The fourth-order valence-electron chi connectivity index (χ4n) is 4.03. The van der Waals surface area contributed by atoms with Crippen LogP contribution >= 0.6 is 11.3 Å². The zero-order chi connectivity index (χ0) is 21.8. The molecule has 1 fully saturated rings. The first-order valence-corrected chi connectivity index (χ1v) is 11.7. The maximum Gasteiger partial charge on any atom is 0.187 e. The minimum atomic E-state index is 0.211. The average Bonchev–Trinajstić information content (AvgIpc) is 3.43. The van der Waals surface area contributed by atoms with Crippen molar-refractivity contribution < 1.29 is 4.74 Å². The number of thiazole rings is 1. The monoisotopic (exact) mass is 448 g/mol. The standard InChI is InChI=1S/C22H24N8OS/c1-12(2)30-21(26-13(3)28-30)22-27-20-18(32-22)4-5-31-17-6-14(7-24-19(17)20)15-8-25-29(11-15)16-9-23-10-16/h6-8,11-12,16,23H,4-5,9-10H2,1-3H3. The van der Waals surface area contributed by atoms with Gasteiger partial charge >= 0.3 is 0 Å². The quantitative estimate of drug-likeness (QED) is 0.512. The van der Waals surface area contributed by atoms with Crippen LogP contribution in [0.4, 0.5) is 0 Å². The third-order valence-electron chi connectivity index (χ3n) is 5.85. The Kier molecular flexibility index (Phi) is 4.58. The second-order valence-electron chi connectivity index (χ2n) is 8.50. The lowest BCUT2D eigenvalue weighted by Gasteiger charge is -2.27. The minimum Gasteiger partial charge on any atom is -0.491 e. The van der Waals surface area contributed by atoms with Gasteiger partial charge in [0, 0.05) is 53.9 Å². The number of nitrogens with zero attached hydrogens (tertiary/aromatic N) is 7. The molecule has 6 heterocycles. The van der Waals surface area contributed by atoms with E-state index in [0.29, 0.717) is 12.6 Å². The summed E-state index contributed by atoms with van der Waals surface area (Å²) >= 11 is 1.65. The molecule has 32 heavy (non-hydrogen) atoms. The van der Waals surface area contributed by atoms with Crippen LogP contribution in [0.15, 0.2) is 24.7 Å². The van der Waals surface area contributed by atoms with Gasteiger partial charge in [-0.25, -0.2) is 19.6 Å². The van der Waals surface area contributed by atoms with Crippen molar-refractivity contribution in [3.63, 3.8) is 0 Å². The topological polar surface area (TPSA) is 95.6 Å². The van der Waals surface area contributed by atoms with E-state index in [9.17, 15) is 0 Å². The number of hydrogen-bond acceptors (Lipinski definition) is 8. The molecule has 9 nitrogen and oxygen atoms in total. The van der Waals surface area contributed by atoms with Gasteiger partial charge in [-0.3, -0.25) is 4.68 Å². The first kappa shape index (κ1) is 19.6. The van der Waals surface area contributed by atoms with Gasteiger partial charge in [0.25, 0.3) is 0 Å². The molecule has 0 amide bonds. The summed E-state index contributed by atoms with van der Waals surface area (Å²) in [7, 11) is 0. The highest BCUT2D eigenvalue weighted by molar-refractivity contribution is 7.15. The Morgan fingerprint density at radius 1 is 1.16 bits per heavy atom.